The van der Waals surface area contributed by atoms with E-state index < -0.39 is 5.92 Å². The Balaban J connectivity index is 1.32. The molecular weight excluding hydrogens is 391 g/mol. The van der Waals surface area contributed by atoms with Gasteiger partial charge in [-0.1, -0.05) is 0 Å². The van der Waals surface area contributed by atoms with Gasteiger partial charge in [0, 0.05) is 31.8 Å². The number of nitrogens with zero attached hydrogens (tertiary/aromatic N) is 2. The number of hydrogen-bond donors (Lipinski definition) is 0. The average Bonchev–Trinajstić information content (AvgIpc) is 3.15. The Morgan fingerprint density at radius 1 is 1.17 bits per heavy atom. The number of carbonyl (C=O) groups is 2. The molecule has 0 saturated carbocycles. The van der Waals surface area contributed by atoms with Crippen molar-refractivity contribution in [1.29, 1.82) is 0 Å². The summed E-state index contributed by atoms with van der Waals surface area (Å²) < 4.78 is 29.6. The molecule has 2 amide bonds. The summed E-state index contributed by atoms with van der Waals surface area (Å²) >= 11 is 0. The largest absolute Gasteiger partial charge is 0.492 e. The minimum atomic E-state index is -0.415. The van der Waals surface area contributed by atoms with Crippen molar-refractivity contribution in [2.75, 3.05) is 44.9 Å². The van der Waals surface area contributed by atoms with E-state index in [1.165, 1.54) is 24.3 Å². The van der Waals surface area contributed by atoms with Crippen LogP contribution in [-0.4, -0.2) is 56.7 Å². The van der Waals surface area contributed by atoms with Gasteiger partial charge in [-0.25, -0.2) is 4.39 Å². The first-order valence-electron chi connectivity index (χ1n) is 9.84. The van der Waals surface area contributed by atoms with Gasteiger partial charge < -0.3 is 24.0 Å². The van der Waals surface area contributed by atoms with Crippen LogP contribution in [0, 0.1) is 11.7 Å². The molecule has 2 aromatic rings. The number of halogens is 1. The Kier molecular flexibility index (Phi) is 5.74. The Bertz CT molecular complexity index is 934. The zero-order valence-electron chi connectivity index (χ0n) is 16.7. The van der Waals surface area contributed by atoms with Crippen molar-refractivity contribution in [1.82, 2.24) is 4.90 Å². The summed E-state index contributed by atoms with van der Waals surface area (Å²) in [7, 11) is 1.69. The third-order valence-corrected chi connectivity index (χ3v) is 5.20. The molecule has 0 aromatic heterocycles. The van der Waals surface area contributed by atoms with Crippen LogP contribution in [0.2, 0.25) is 0 Å². The van der Waals surface area contributed by atoms with E-state index in [1.807, 2.05) is 0 Å². The molecule has 2 aliphatic rings. The number of hydrogen-bond acceptors (Lipinski definition) is 5. The summed E-state index contributed by atoms with van der Waals surface area (Å²) in [5, 5.41) is 0. The fourth-order valence-electron chi connectivity index (χ4n) is 3.58. The Morgan fingerprint density at radius 3 is 2.67 bits per heavy atom. The highest BCUT2D eigenvalue weighted by Crippen LogP contribution is 2.36. The molecule has 30 heavy (non-hydrogen) atoms. The highest BCUT2D eigenvalue weighted by Gasteiger charge is 2.36. The van der Waals surface area contributed by atoms with Gasteiger partial charge in [-0.3, -0.25) is 9.59 Å². The third-order valence-electron chi connectivity index (χ3n) is 5.20. The topological polar surface area (TPSA) is 68.3 Å². The lowest BCUT2D eigenvalue weighted by Gasteiger charge is -2.23. The highest BCUT2D eigenvalue weighted by atomic mass is 19.1. The molecule has 1 saturated heterocycles. The first-order chi connectivity index (χ1) is 14.5. The number of likely N-dealkylation sites (N-methyl/N-ethyl adjacent to an activating group) is 1. The molecular formula is C22H23FN2O5. The first kappa shape index (κ1) is 20.0. The zero-order chi connectivity index (χ0) is 21.1. The predicted octanol–water partition coefficient (Wildman–Crippen LogP) is 2.49. The van der Waals surface area contributed by atoms with Gasteiger partial charge in [0.05, 0.1) is 12.5 Å². The lowest BCUT2D eigenvalue weighted by atomic mass is 10.1. The van der Waals surface area contributed by atoms with Crippen LogP contribution in [0.25, 0.3) is 0 Å². The van der Waals surface area contributed by atoms with E-state index in [9.17, 15) is 14.0 Å². The fourth-order valence-corrected chi connectivity index (χ4v) is 3.58. The minimum absolute atomic E-state index is 0.0963. The summed E-state index contributed by atoms with van der Waals surface area (Å²) in [6, 6.07) is 11.1. The van der Waals surface area contributed by atoms with E-state index in [0.29, 0.717) is 49.2 Å². The lowest BCUT2D eigenvalue weighted by Crippen LogP contribution is -2.37. The third kappa shape index (κ3) is 4.32. The molecule has 2 aliphatic heterocycles. The summed E-state index contributed by atoms with van der Waals surface area (Å²) in [5.41, 5.74) is 0.696. The van der Waals surface area contributed by atoms with Gasteiger partial charge >= 0.3 is 0 Å². The van der Waals surface area contributed by atoms with Crippen LogP contribution in [0.4, 0.5) is 10.1 Å². The molecule has 0 spiro atoms. The second kappa shape index (κ2) is 8.61. The summed E-state index contributed by atoms with van der Waals surface area (Å²) in [4.78, 5) is 28.5. The van der Waals surface area contributed by atoms with E-state index in [0.717, 1.165) is 0 Å². The summed E-state index contributed by atoms with van der Waals surface area (Å²) in [5.74, 6) is 0.858. The van der Waals surface area contributed by atoms with Crippen molar-refractivity contribution >= 4 is 17.5 Å². The van der Waals surface area contributed by atoms with Crippen molar-refractivity contribution in [2.24, 2.45) is 5.92 Å². The van der Waals surface area contributed by atoms with Gasteiger partial charge in [-0.2, -0.15) is 0 Å². The Hall–Kier alpha value is -3.29. The second-order valence-electron chi connectivity index (χ2n) is 7.30. The van der Waals surface area contributed by atoms with Gasteiger partial charge in [0.1, 0.15) is 31.4 Å². The second-order valence-corrected chi connectivity index (χ2v) is 7.30. The highest BCUT2D eigenvalue weighted by molar-refractivity contribution is 6.00. The maximum atomic E-state index is 12.9. The van der Waals surface area contributed by atoms with Crippen molar-refractivity contribution in [3.05, 3.63) is 48.3 Å². The van der Waals surface area contributed by atoms with Crippen molar-refractivity contribution in [3.63, 3.8) is 0 Å². The smallest absolute Gasteiger partial charge is 0.227 e. The van der Waals surface area contributed by atoms with Crippen LogP contribution >= 0.6 is 0 Å². The molecule has 1 unspecified atom stereocenters. The van der Waals surface area contributed by atoms with Gasteiger partial charge in [-0.15, -0.1) is 0 Å². The van der Waals surface area contributed by atoms with E-state index in [4.69, 9.17) is 14.2 Å². The zero-order valence-corrected chi connectivity index (χ0v) is 16.7. The molecule has 8 heteroatoms. The van der Waals surface area contributed by atoms with E-state index in [2.05, 4.69) is 0 Å². The molecule has 1 fully saturated rings. The van der Waals surface area contributed by atoms with Crippen molar-refractivity contribution in [2.45, 2.75) is 6.42 Å². The number of rotatable bonds is 6. The molecule has 1 atom stereocenters. The molecule has 0 aliphatic carbocycles. The number of fused-ring (bicyclic) bond motifs is 1. The Morgan fingerprint density at radius 2 is 1.90 bits per heavy atom. The number of carbonyl (C=O) groups excluding carboxylic acids is 2. The van der Waals surface area contributed by atoms with Gasteiger partial charge in [0.2, 0.25) is 11.8 Å². The monoisotopic (exact) mass is 414 g/mol. The normalized spacial score (nSPS) is 17.7. The Labute approximate surface area is 173 Å². The van der Waals surface area contributed by atoms with E-state index >= 15 is 0 Å². The average molecular weight is 414 g/mol. The van der Waals surface area contributed by atoms with Crippen LogP contribution < -0.4 is 19.1 Å². The molecule has 0 radical (unpaired) electrons. The number of amides is 2. The van der Waals surface area contributed by atoms with Gasteiger partial charge in [-0.05, 0) is 36.4 Å². The molecule has 0 N–H and O–H groups in total. The van der Waals surface area contributed by atoms with Crippen molar-refractivity contribution in [3.8, 4) is 17.2 Å². The maximum absolute atomic E-state index is 12.9. The standard InChI is InChI=1S/C22H23FN2O5/c1-24(8-9-28-18-5-2-16(23)3-6-18)22(27)15-12-21(26)25(14-15)17-4-7-19-20(13-17)30-11-10-29-19/h2-7,13,15H,8-12,14H2,1H3. The number of ether oxygens (including phenoxy) is 3. The maximum Gasteiger partial charge on any atom is 0.227 e. The predicted molar refractivity (Wildman–Crippen MR) is 107 cm³/mol. The minimum Gasteiger partial charge on any atom is -0.492 e. The molecule has 2 heterocycles. The van der Waals surface area contributed by atoms with Gasteiger partial charge in [0.25, 0.3) is 0 Å². The summed E-state index contributed by atoms with van der Waals surface area (Å²) in [6.45, 7) is 1.94. The molecule has 4 rings (SSSR count). The van der Waals surface area contributed by atoms with Crippen LogP contribution in [0.1, 0.15) is 6.42 Å². The van der Waals surface area contributed by atoms with Crippen molar-refractivity contribution < 1.29 is 28.2 Å². The van der Waals surface area contributed by atoms with E-state index in [-0.39, 0.29) is 30.7 Å². The van der Waals surface area contributed by atoms with Crippen LogP contribution in [0.15, 0.2) is 42.5 Å². The van der Waals surface area contributed by atoms with Crippen LogP contribution in [-0.2, 0) is 9.59 Å². The molecule has 7 nitrogen and oxygen atoms in total. The number of anilines is 1. The molecule has 0 bridgehead atoms. The SMILES string of the molecule is CN(CCOc1ccc(F)cc1)C(=O)C1CC(=O)N(c2ccc3c(c2)OCCO3)C1. The molecule has 2 aromatic carbocycles. The first-order valence-corrected chi connectivity index (χ1v) is 9.84. The van der Waals surface area contributed by atoms with Crippen LogP contribution in [0.3, 0.4) is 0 Å². The number of benzene rings is 2. The lowest BCUT2D eigenvalue weighted by molar-refractivity contribution is -0.134. The van der Waals surface area contributed by atoms with Crippen LogP contribution in [0.5, 0.6) is 17.2 Å². The summed E-state index contributed by atoms with van der Waals surface area (Å²) in [6.07, 6.45) is 0.163. The fraction of sp³-hybridized carbons (Fsp3) is 0.364. The quantitative estimate of drug-likeness (QED) is 0.727. The molecule has 158 valence electrons. The van der Waals surface area contributed by atoms with E-state index in [1.54, 1.807) is 35.0 Å². The van der Waals surface area contributed by atoms with Gasteiger partial charge in [0.15, 0.2) is 11.5 Å².